The average molecular weight is 425 g/mol. The van der Waals surface area contributed by atoms with E-state index in [1.807, 2.05) is 24.3 Å². The molecule has 10 heteroatoms. The van der Waals surface area contributed by atoms with Crippen LogP contribution in [0.15, 0.2) is 44.4 Å². The summed E-state index contributed by atoms with van der Waals surface area (Å²) in [6.07, 6.45) is 0.317. The molecular weight excluding hydrogens is 412 g/mol. The third-order valence-electron chi connectivity index (χ3n) is 2.73. The lowest BCUT2D eigenvalue weighted by Gasteiger charge is -2.08. The Balaban J connectivity index is 2.09. The van der Waals surface area contributed by atoms with Gasteiger partial charge in [-0.15, -0.1) is 11.3 Å². The second-order valence-corrected chi connectivity index (χ2v) is 9.89. The number of hydrogen-bond donors (Lipinski definition) is 2. The smallest absolute Gasteiger partial charge is 0.249 e. The molecule has 1 aromatic heterocycles. The summed E-state index contributed by atoms with van der Waals surface area (Å²) in [5.74, 6) is -0.158. The molecule has 1 heterocycles. The molecule has 0 saturated carbocycles. The Labute approximate surface area is 141 Å². The summed E-state index contributed by atoms with van der Waals surface area (Å²) in [6, 6.07) is 8.67. The number of hydrogen-bond acceptors (Lipinski definition) is 5. The van der Waals surface area contributed by atoms with Crippen LogP contribution < -0.4 is 9.86 Å². The van der Waals surface area contributed by atoms with Crippen LogP contribution in [0.4, 0.5) is 5.69 Å². The van der Waals surface area contributed by atoms with Crippen molar-refractivity contribution in [2.45, 2.75) is 10.6 Å². The van der Waals surface area contributed by atoms with E-state index in [0.29, 0.717) is 6.42 Å². The molecule has 22 heavy (non-hydrogen) atoms. The SMILES string of the molecule is NS(=O)(=O)c1sccc1NS(=O)(=O)CCc1ccc(Br)cc1. The van der Waals surface area contributed by atoms with Gasteiger partial charge in [-0.2, -0.15) is 0 Å². The minimum atomic E-state index is -3.95. The van der Waals surface area contributed by atoms with Gasteiger partial charge < -0.3 is 0 Å². The first-order valence-corrected chi connectivity index (χ1v) is 10.9. The first kappa shape index (κ1) is 17.4. The number of primary sulfonamides is 1. The van der Waals surface area contributed by atoms with Gasteiger partial charge in [0.25, 0.3) is 0 Å². The number of halogens is 1. The van der Waals surface area contributed by atoms with Gasteiger partial charge in [0.15, 0.2) is 4.21 Å². The van der Waals surface area contributed by atoms with Crippen molar-refractivity contribution < 1.29 is 16.8 Å². The number of aryl methyl sites for hydroxylation is 1. The summed E-state index contributed by atoms with van der Waals surface area (Å²) < 4.78 is 49.8. The highest BCUT2D eigenvalue weighted by Gasteiger charge is 2.20. The van der Waals surface area contributed by atoms with Crippen molar-refractivity contribution in [3.63, 3.8) is 0 Å². The summed E-state index contributed by atoms with van der Waals surface area (Å²) in [7, 11) is -7.62. The maximum absolute atomic E-state index is 12.1. The van der Waals surface area contributed by atoms with Crippen LogP contribution in [0.25, 0.3) is 0 Å². The number of anilines is 1. The first-order chi connectivity index (χ1) is 10.2. The van der Waals surface area contributed by atoms with Gasteiger partial charge in [0.1, 0.15) is 0 Å². The Bertz CT molecular complexity index is 858. The lowest BCUT2D eigenvalue weighted by molar-refractivity contribution is 0.600. The van der Waals surface area contributed by atoms with Gasteiger partial charge in [0, 0.05) is 4.47 Å². The number of benzene rings is 1. The van der Waals surface area contributed by atoms with Gasteiger partial charge >= 0.3 is 0 Å². The second-order valence-electron chi connectivity index (χ2n) is 4.46. The van der Waals surface area contributed by atoms with Crippen LogP contribution in [-0.2, 0) is 26.5 Å². The number of nitrogens with one attached hydrogen (secondary N) is 1. The van der Waals surface area contributed by atoms with Gasteiger partial charge in [0.05, 0.1) is 11.4 Å². The maximum atomic E-state index is 12.1. The van der Waals surface area contributed by atoms with Crippen molar-refractivity contribution in [1.82, 2.24) is 0 Å². The second kappa shape index (κ2) is 6.67. The van der Waals surface area contributed by atoms with E-state index in [1.54, 1.807) is 0 Å². The Morgan fingerprint density at radius 1 is 1.09 bits per heavy atom. The minimum Gasteiger partial charge on any atom is -0.281 e. The topological polar surface area (TPSA) is 106 Å². The van der Waals surface area contributed by atoms with Crippen molar-refractivity contribution in [2.24, 2.45) is 5.14 Å². The van der Waals surface area contributed by atoms with Crippen molar-refractivity contribution in [1.29, 1.82) is 0 Å². The summed E-state index contributed by atoms with van der Waals surface area (Å²) in [6.45, 7) is 0. The molecule has 3 N–H and O–H groups in total. The zero-order chi connectivity index (χ0) is 16.4. The molecule has 120 valence electrons. The molecule has 2 rings (SSSR count). The van der Waals surface area contributed by atoms with E-state index in [4.69, 9.17) is 5.14 Å². The molecular formula is C12H13BrN2O4S3. The van der Waals surface area contributed by atoms with Crippen LogP contribution in [-0.4, -0.2) is 22.6 Å². The summed E-state index contributed by atoms with van der Waals surface area (Å²) in [5, 5.41) is 6.51. The molecule has 0 spiro atoms. The third-order valence-corrected chi connectivity index (χ3v) is 6.96. The Hall–Kier alpha value is -0.940. The van der Waals surface area contributed by atoms with Crippen LogP contribution >= 0.6 is 27.3 Å². The van der Waals surface area contributed by atoms with E-state index in [9.17, 15) is 16.8 Å². The molecule has 2 aromatic rings. The molecule has 0 unspecified atom stereocenters. The number of rotatable bonds is 6. The third kappa shape index (κ3) is 4.78. The summed E-state index contributed by atoms with van der Waals surface area (Å²) in [5.41, 5.74) is 0.855. The van der Waals surface area contributed by atoms with E-state index >= 15 is 0 Å². The summed E-state index contributed by atoms with van der Waals surface area (Å²) in [4.78, 5) is 0. The maximum Gasteiger partial charge on any atom is 0.249 e. The molecule has 0 fully saturated rings. The van der Waals surface area contributed by atoms with E-state index in [0.717, 1.165) is 21.4 Å². The fraction of sp³-hybridized carbons (Fsp3) is 0.167. The highest BCUT2D eigenvalue weighted by molar-refractivity contribution is 9.10. The fourth-order valence-electron chi connectivity index (χ4n) is 1.71. The van der Waals surface area contributed by atoms with E-state index in [2.05, 4.69) is 20.7 Å². The van der Waals surface area contributed by atoms with E-state index in [-0.39, 0.29) is 15.6 Å². The quantitative estimate of drug-likeness (QED) is 0.740. The molecule has 6 nitrogen and oxygen atoms in total. The molecule has 0 atom stereocenters. The summed E-state index contributed by atoms with van der Waals surface area (Å²) >= 11 is 4.17. The Kier molecular flexibility index (Phi) is 5.28. The van der Waals surface area contributed by atoms with Crippen LogP contribution in [0.5, 0.6) is 0 Å². The zero-order valence-corrected chi connectivity index (χ0v) is 15.2. The lowest BCUT2D eigenvalue weighted by Crippen LogP contribution is -2.20. The minimum absolute atomic E-state index is 0.0108. The van der Waals surface area contributed by atoms with Gasteiger partial charge in [-0.25, -0.2) is 22.0 Å². The van der Waals surface area contributed by atoms with E-state index < -0.39 is 20.0 Å². The van der Waals surface area contributed by atoms with Gasteiger partial charge in [-0.05, 0) is 35.6 Å². The van der Waals surface area contributed by atoms with Crippen LogP contribution in [0, 0.1) is 0 Å². The largest absolute Gasteiger partial charge is 0.281 e. The zero-order valence-electron chi connectivity index (χ0n) is 11.2. The standard InChI is InChI=1S/C12H13BrN2O4S3/c13-10-3-1-9(2-4-10)6-8-21(16,17)15-11-5-7-20-12(11)22(14,18)19/h1-5,7,15H,6,8H2,(H2,14,18,19). The van der Waals surface area contributed by atoms with Gasteiger partial charge in [0.2, 0.25) is 20.0 Å². The molecule has 1 aromatic carbocycles. The molecule has 0 saturated heterocycles. The van der Waals surface area contributed by atoms with Gasteiger partial charge in [-0.3, -0.25) is 4.72 Å². The molecule has 0 bridgehead atoms. The van der Waals surface area contributed by atoms with Crippen LogP contribution in [0.3, 0.4) is 0 Å². The van der Waals surface area contributed by atoms with E-state index in [1.165, 1.54) is 11.4 Å². The predicted octanol–water partition coefficient (Wildman–Crippen LogP) is 2.14. The fourth-order valence-corrected chi connectivity index (χ4v) is 4.92. The highest BCUT2D eigenvalue weighted by Crippen LogP contribution is 2.27. The molecule has 0 aliphatic rings. The number of sulfonamides is 2. The lowest BCUT2D eigenvalue weighted by atomic mass is 10.2. The van der Waals surface area contributed by atoms with Crippen molar-refractivity contribution in [2.75, 3.05) is 10.5 Å². The Morgan fingerprint density at radius 3 is 2.32 bits per heavy atom. The van der Waals surface area contributed by atoms with Crippen molar-refractivity contribution in [3.05, 3.63) is 45.7 Å². The Morgan fingerprint density at radius 2 is 1.73 bits per heavy atom. The number of thiophene rings is 1. The van der Waals surface area contributed by atoms with Crippen LogP contribution in [0.1, 0.15) is 5.56 Å². The van der Waals surface area contributed by atoms with Crippen molar-refractivity contribution >= 4 is 53.0 Å². The predicted molar refractivity (Wildman–Crippen MR) is 90.9 cm³/mol. The highest BCUT2D eigenvalue weighted by atomic mass is 79.9. The number of nitrogens with two attached hydrogens (primary N) is 1. The first-order valence-electron chi connectivity index (χ1n) is 6.03. The average Bonchev–Trinajstić information content (AvgIpc) is 2.85. The molecule has 0 aliphatic heterocycles. The molecule has 0 amide bonds. The van der Waals surface area contributed by atoms with Crippen LogP contribution in [0.2, 0.25) is 0 Å². The van der Waals surface area contributed by atoms with Crippen molar-refractivity contribution in [3.8, 4) is 0 Å². The normalized spacial score (nSPS) is 12.3. The molecule has 0 aliphatic carbocycles. The molecule has 0 radical (unpaired) electrons. The monoisotopic (exact) mass is 424 g/mol. The van der Waals surface area contributed by atoms with Gasteiger partial charge in [-0.1, -0.05) is 28.1 Å².